The molecule has 0 spiro atoms. The molecule has 2 aromatic carbocycles. The lowest BCUT2D eigenvalue weighted by Gasteiger charge is -2.41. The fraction of sp³-hybridized carbons (Fsp3) is 0.444. The lowest BCUT2D eigenvalue weighted by Crippen LogP contribution is -2.57. The molecule has 2 N–H and O–H groups in total. The Morgan fingerprint density at radius 2 is 1.71 bits per heavy atom. The highest BCUT2D eigenvalue weighted by atomic mass is 32.2. The number of carbonyl (C=O) groups excluding carboxylic acids is 2. The van der Waals surface area contributed by atoms with Crippen molar-refractivity contribution < 1.29 is 24.2 Å². The van der Waals surface area contributed by atoms with Crippen LogP contribution in [0.25, 0.3) is 11.1 Å². The Kier molecular flexibility index (Phi) is 8.33. The Bertz CT molecular complexity index is 1020. The zero-order valence-electron chi connectivity index (χ0n) is 19.9. The fourth-order valence-corrected chi connectivity index (χ4v) is 5.44. The van der Waals surface area contributed by atoms with E-state index in [4.69, 9.17) is 9.84 Å². The van der Waals surface area contributed by atoms with E-state index in [1.165, 1.54) is 11.1 Å². The van der Waals surface area contributed by atoms with Gasteiger partial charge in [0.15, 0.2) is 0 Å². The van der Waals surface area contributed by atoms with Crippen molar-refractivity contribution >= 4 is 29.7 Å². The lowest BCUT2D eigenvalue weighted by atomic mass is 9.93. The minimum absolute atomic E-state index is 0.0320. The summed E-state index contributed by atoms with van der Waals surface area (Å²) in [6, 6.07) is 15.7. The molecule has 0 unspecified atom stereocenters. The number of aliphatic carboxylic acids is 1. The minimum Gasteiger partial charge on any atom is -0.481 e. The topological polar surface area (TPSA) is 95.9 Å². The number of ether oxygens (including phenoxy) is 1. The van der Waals surface area contributed by atoms with E-state index in [2.05, 4.69) is 29.6 Å². The third-order valence-electron chi connectivity index (χ3n) is 6.82. The van der Waals surface area contributed by atoms with E-state index < -0.39 is 18.1 Å². The maximum atomic E-state index is 13.0. The van der Waals surface area contributed by atoms with Crippen LogP contribution < -0.4 is 5.32 Å². The third-order valence-corrected chi connectivity index (χ3v) is 7.46. The molecule has 2 aliphatic rings. The molecule has 1 heterocycles. The highest BCUT2D eigenvalue weighted by molar-refractivity contribution is 7.98. The predicted octanol–water partition coefficient (Wildman–Crippen LogP) is 4.36. The zero-order valence-corrected chi connectivity index (χ0v) is 20.8. The highest BCUT2D eigenvalue weighted by Crippen LogP contribution is 2.44. The van der Waals surface area contributed by atoms with Crippen LogP contribution in [0.2, 0.25) is 0 Å². The number of nitrogens with zero attached hydrogens (tertiary/aromatic N) is 1. The Balaban J connectivity index is 1.31. The van der Waals surface area contributed by atoms with Gasteiger partial charge in [-0.1, -0.05) is 48.5 Å². The average Bonchev–Trinajstić information content (AvgIpc) is 3.15. The molecular weight excluding hydrogens is 464 g/mol. The molecule has 35 heavy (non-hydrogen) atoms. The molecule has 0 bridgehead atoms. The van der Waals surface area contributed by atoms with E-state index in [9.17, 15) is 14.4 Å². The first-order chi connectivity index (χ1) is 17.0. The van der Waals surface area contributed by atoms with Crippen molar-refractivity contribution in [2.24, 2.45) is 5.92 Å². The first kappa shape index (κ1) is 25.1. The number of likely N-dealkylation sites (tertiary alicyclic amines) is 1. The van der Waals surface area contributed by atoms with Crippen LogP contribution in [-0.4, -0.2) is 65.7 Å². The number of thioether (sulfide) groups is 1. The van der Waals surface area contributed by atoms with Gasteiger partial charge < -0.3 is 20.1 Å². The van der Waals surface area contributed by atoms with Crippen molar-refractivity contribution in [2.75, 3.05) is 31.7 Å². The maximum Gasteiger partial charge on any atom is 0.407 e. The van der Waals surface area contributed by atoms with Gasteiger partial charge >= 0.3 is 12.1 Å². The highest BCUT2D eigenvalue weighted by Gasteiger charge is 2.35. The average molecular weight is 497 g/mol. The van der Waals surface area contributed by atoms with Crippen LogP contribution in [0.3, 0.4) is 0 Å². The van der Waals surface area contributed by atoms with Crippen molar-refractivity contribution in [1.82, 2.24) is 10.2 Å². The molecule has 0 aromatic heterocycles. The molecule has 0 radical (unpaired) electrons. The molecule has 1 saturated heterocycles. The second-order valence-electron chi connectivity index (χ2n) is 9.20. The SMILES string of the molecule is CSCC[C@@H](NC(=O)OCC1c2ccccc2-c2ccccc21)C(=O)N1CC(CCCC(=O)O)C1. The number of amides is 2. The van der Waals surface area contributed by atoms with Crippen molar-refractivity contribution in [3.05, 3.63) is 59.7 Å². The molecule has 1 atom stereocenters. The van der Waals surface area contributed by atoms with Gasteiger partial charge in [-0.3, -0.25) is 9.59 Å². The molecule has 1 aliphatic carbocycles. The van der Waals surface area contributed by atoms with Crippen LogP contribution in [0.1, 0.15) is 42.7 Å². The van der Waals surface area contributed by atoms with E-state index in [0.29, 0.717) is 31.8 Å². The normalized spacial score (nSPS) is 15.6. The first-order valence-corrected chi connectivity index (χ1v) is 13.5. The molecule has 2 amide bonds. The van der Waals surface area contributed by atoms with E-state index >= 15 is 0 Å². The Morgan fingerprint density at radius 3 is 2.31 bits per heavy atom. The van der Waals surface area contributed by atoms with Gasteiger partial charge in [-0.15, -0.1) is 0 Å². The van der Waals surface area contributed by atoms with Gasteiger partial charge in [-0.05, 0) is 59.4 Å². The fourth-order valence-electron chi connectivity index (χ4n) is 4.97. The van der Waals surface area contributed by atoms with Crippen LogP contribution in [0.15, 0.2) is 48.5 Å². The van der Waals surface area contributed by atoms with Gasteiger partial charge in [0.25, 0.3) is 0 Å². The number of alkyl carbamates (subject to hydrolysis) is 1. The van der Waals surface area contributed by atoms with Crippen molar-refractivity contribution in [2.45, 2.75) is 37.6 Å². The van der Waals surface area contributed by atoms with Crippen LogP contribution in [0.5, 0.6) is 0 Å². The van der Waals surface area contributed by atoms with E-state index in [0.717, 1.165) is 23.3 Å². The second kappa shape index (κ2) is 11.6. The number of hydrogen-bond acceptors (Lipinski definition) is 5. The number of carboxylic acids is 1. The van der Waals surface area contributed by atoms with Gasteiger partial charge in [0.2, 0.25) is 5.91 Å². The minimum atomic E-state index is -0.790. The number of rotatable bonds is 11. The molecule has 1 aliphatic heterocycles. The van der Waals surface area contributed by atoms with Crippen molar-refractivity contribution in [1.29, 1.82) is 0 Å². The molecule has 8 heteroatoms. The molecule has 7 nitrogen and oxygen atoms in total. The van der Waals surface area contributed by atoms with Gasteiger partial charge in [-0.25, -0.2) is 4.79 Å². The smallest absolute Gasteiger partial charge is 0.407 e. The first-order valence-electron chi connectivity index (χ1n) is 12.1. The van der Waals surface area contributed by atoms with Crippen LogP contribution in [-0.2, 0) is 14.3 Å². The molecule has 186 valence electrons. The summed E-state index contributed by atoms with van der Waals surface area (Å²) < 4.78 is 5.65. The standard InChI is InChI=1S/C27H32N2O5S/c1-35-14-13-24(26(32)29-15-18(16-29)7-6-12-25(30)31)28-27(33)34-17-23-21-10-4-2-8-19(21)20-9-3-5-11-22(20)23/h2-5,8-11,18,23-24H,6-7,12-17H2,1H3,(H,28,33)(H,30,31)/t24-/m1/s1. The summed E-state index contributed by atoms with van der Waals surface area (Å²) in [6.07, 6.45) is 3.50. The van der Waals surface area contributed by atoms with E-state index in [1.807, 2.05) is 30.5 Å². The van der Waals surface area contributed by atoms with E-state index in [1.54, 1.807) is 16.7 Å². The lowest BCUT2D eigenvalue weighted by molar-refractivity contribution is -0.141. The summed E-state index contributed by atoms with van der Waals surface area (Å²) in [5.74, 6) is 0.156. The summed E-state index contributed by atoms with van der Waals surface area (Å²) in [5.41, 5.74) is 4.62. The number of benzene rings is 2. The molecule has 0 saturated carbocycles. The van der Waals surface area contributed by atoms with Crippen molar-refractivity contribution in [3.8, 4) is 11.1 Å². The number of nitrogens with one attached hydrogen (secondary N) is 1. The number of carboxylic acid groups (broad SMARTS) is 1. The molecule has 4 rings (SSSR count). The third kappa shape index (κ3) is 5.99. The zero-order chi connectivity index (χ0) is 24.8. The van der Waals surface area contributed by atoms with Gasteiger partial charge in [0, 0.05) is 25.4 Å². The second-order valence-corrected chi connectivity index (χ2v) is 10.2. The van der Waals surface area contributed by atoms with Crippen LogP contribution >= 0.6 is 11.8 Å². The Morgan fingerprint density at radius 1 is 1.09 bits per heavy atom. The van der Waals surface area contributed by atoms with Gasteiger partial charge in [-0.2, -0.15) is 11.8 Å². The van der Waals surface area contributed by atoms with Crippen LogP contribution in [0, 0.1) is 5.92 Å². The summed E-state index contributed by atoms with van der Waals surface area (Å²) in [4.78, 5) is 38.2. The predicted molar refractivity (Wildman–Crippen MR) is 137 cm³/mol. The summed E-state index contributed by atoms with van der Waals surface area (Å²) >= 11 is 1.63. The number of hydrogen-bond donors (Lipinski definition) is 2. The molecular formula is C27H32N2O5S. The van der Waals surface area contributed by atoms with Crippen LogP contribution in [0.4, 0.5) is 4.79 Å². The largest absolute Gasteiger partial charge is 0.481 e. The quantitative estimate of drug-likeness (QED) is 0.480. The van der Waals surface area contributed by atoms with E-state index in [-0.39, 0.29) is 24.9 Å². The molecule has 2 aromatic rings. The summed E-state index contributed by atoms with van der Waals surface area (Å²) in [5, 5.41) is 11.6. The van der Waals surface area contributed by atoms with Gasteiger partial charge in [0.05, 0.1) is 0 Å². The summed E-state index contributed by atoms with van der Waals surface area (Å²) in [7, 11) is 0. The Hall–Kier alpha value is -3.00. The summed E-state index contributed by atoms with van der Waals surface area (Å²) in [6.45, 7) is 1.43. The Labute approximate surface area is 210 Å². The monoisotopic (exact) mass is 496 g/mol. The number of carbonyl (C=O) groups is 3. The maximum absolute atomic E-state index is 13.0. The number of fused-ring (bicyclic) bond motifs is 3. The van der Waals surface area contributed by atoms with Gasteiger partial charge in [0.1, 0.15) is 12.6 Å². The van der Waals surface area contributed by atoms with Crippen molar-refractivity contribution in [3.63, 3.8) is 0 Å². The molecule has 1 fully saturated rings.